The smallest absolute Gasteiger partial charge is 0.315 e. The average molecular weight is 322 g/mol. The molecular weight excluding hydrogens is 292 g/mol. The fourth-order valence-electron chi connectivity index (χ4n) is 2.48. The molecule has 0 bridgehead atoms. The summed E-state index contributed by atoms with van der Waals surface area (Å²) in [5, 5.41) is 15.8. The zero-order valence-corrected chi connectivity index (χ0v) is 14.8. The summed E-state index contributed by atoms with van der Waals surface area (Å²) in [5.41, 5.74) is 1.76. The molecule has 130 valence electrons. The van der Waals surface area contributed by atoms with Gasteiger partial charge in [0.1, 0.15) is 0 Å². The number of hydrogen-bond donors (Lipinski definition) is 3. The van der Waals surface area contributed by atoms with Crippen molar-refractivity contribution in [3.05, 3.63) is 35.4 Å². The summed E-state index contributed by atoms with van der Waals surface area (Å²) >= 11 is 0. The summed E-state index contributed by atoms with van der Waals surface area (Å²) in [7, 11) is 1.66. The van der Waals surface area contributed by atoms with E-state index in [0.717, 1.165) is 11.1 Å². The van der Waals surface area contributed by atoms with E-state index in [4.69, 9.17) is 4.74 Å². The van der Waals surface area contributed by atoms with Crippen LogP contribution in [0.2, 0.25) is 0 Å². The van der Waals surface area contributed by atoms with Crippen molar-refractivity contribution in [2.45, 2.75) is 47.0 Å². The van der Waals surface area contributed by atoms with Gasteiger partial charge in [0, 0.05) is 25.6 Å². The number of aliphatic hydroxyl groups is 1. The minimum absolute atomic E-state index is 0.153. The van der Waals surface area contributed by atoms with E-state index in [9.17, 15) is 9.90 Å². The van der Waals surface area contributed by atoms with E-state index in [-0.39, 0.29) is 17.4 Å². The lowest BCUT2D eigenvalue weighted by Gasteiger charge is -2.33. The second-order valence-electron chi connectivity index (χ2n) is 6.96. The van der Waals surface area contributed by atoms with Gasteiger partial charge in [-0.15, -0.1) is 0 Å². The minimum Gasteiger partial charge on any atom is -0.392 e. The molecule has 0 spiro atoms. The molecule has 1 rings (SSSR count). The topological polar surface area (TPSA) is 70.6 Å². The van der Waals surface area contributed by atoms with Gasteiger partial charge < -0.3 is 20.5 Å². The van der Waals surface area contributed by atoms with E-state index in [0.29, 0.717) is 19.7 Å². The van der Waals surface area contributed by atoms with Gasteiger partial charge in [0.25, 0.3) is 0 Å². The summed E-state index contributed by atoms with van der Waals surface area (Å²) in [5.74, 6) is 0.153. The van der Waals surface area contributed by atoms with E-state index in [1.165, 1.54) is 0 Å². The largest absolute Gasteiger partial charge is 0.392 e. The Balaban J connectivity index is 2.39. The molecule has 2 amide bonds. The van der Waals surface area contributed by atoms with Gasteiger partial charge in [0.05, 0.1) is 12.7 Å². The van der Waals surface area contributed by atoms with Gasteiger partial charge in [-0.05, 0) is 17.0 Å². The van der Waals surface area contributed by atoms with Gasteiger partial charge in [0.2, 0.25) is 0 Å². The van der Waals surface area contributed by atoms with Crippen molar-refractivity contribution < 1.29 is 14.6 Å². The van der Waals surface area contributed by atoms with Crippen LogP contribution in [0.5, 0.6) is 0 Å². The van der Waals surface area contributed by atoms with Crippen LogP contribution in [0.4, 0.5) is 4.79 Å². The Bertz CT molecular complexity index is 484. The Morgan fingerprint density at radius 2 is 1.74 bits per heavy atom. The van der Waals surface area contributed by atoms with E-state index < -0.39 is 6.10 Å². The highest BCUT2D eigenvalue weighted by atomic mass is 16.5. The van der Waals surface area contributed by atoms with Crippen LogP contribution in [0.25, 0.3) is 0 Å². The molecule has 1 aromatic rings. The molecule has 0 aliphatic carbocycles. The maximum atomic E-state index is 11.9. The van der Waals surface area contributed by atoms with Crippen LogP contribution in [-0.4, -0.2) is 30.9 Å². The summed E-state index contributed by atoms with van der Waals surface area (Å²) in [6, 6.07) is 7.69. The molecular formula is C18H30N2O3. The van der Waals surface area contributed by atoms with Crippen molar-refractivity contribution in [1.82, 2.24) is 10.6 Å². The average Bonchev–Trinajstić information content (AvgIpc) is 2.51. The Morgan fingerprint density at radius 1 is 1.17 bits per heavy atom. The van der Waals surface area contributed by atoms with Crippen molar-refractivity contribution in [2.75, 3.05) is 13.7 Å². The van der Waals surface area contributed by atoms with E-state index in [1.807, 2.05) is 52.0 Å². The first-order chi connectivity index (χ1) is 10.8. The number of methoxy groups -OCH3 is 1. The Kier molecular flexibility index (Phi) is 7.52. The summed E-state index contributed by atoms with van der Waals surface area (Å²) < 4.78 is 5.07. The van der Waals surface area contributed by atoms with Crippen molar-refractivity contribution in [1.29, 1.82) is 0 Å². The number of hydrogen-bond acceptors (Lipinski definition) is 3. The molecule has 1 aromatic carbocycles. The van der Waals surface area contributed by atoms with Crippen molar-refractivity contribution in [3.63, 3.8) is 0 Å². The Morgan fingerprint density at radius 3 is 2.26 bits per heavy atom. The van der Waals surface area contributed by atoms with Crippen LogP contribution in [0, 0.1) is 11.3 Å². The lowest BCUT2D eigenvalue weighted by atomic mass is 9.81. The highest BCUT2D eigenvalue weighted by Gasteiger charge is 2.30. The number of benzene rings is 1. The highest BCUT2D eigenvalue weighted by Crippen LogP contribution is 2.24. The zero-order chi connectivity index (χ0) is 17.5. The number of ether oxygens (including phenoxy) is 1. The molecule has 0 fully saturated rings. The molecule has 5 nitrogen and oxygen atoms in total. The monoisotopic (exact) mass is 322 g/mol. The molecule has 0 aromatic heterocycles. The molecule has 0 aliphatic rings. The Labute approximate surface area is 139 Å². The molecule has 23 heavy (non-hydrogen) atoms. The van der Waals surface area contributed by atoms with Crippen LogP contribution in [0.1, 0.15) is 38.8 Å². The van der Waals surface area contributed by atoms with Crippen LogP contribution in [-0.2, 0) is 17.9 Å². The molecule has 3 N–H and O–H groups in total. The predicted octanol–water partition coefficient (Wildman–Crippen LogP) is 2.68. The first kappa shape index (κ1) is 19.5. The number of carbonyl (C=O) groups excluding carboxylic acids is 1. The van der Waals surface area contributed by atoms with Crippen molar-refractivity contribution in [3.8, 4) is 0 Å². The second kappa shape index (κ2) is 8.89. The second-order valence-corrected chi connectivity index (χ2v) is 6.96. The minimum atomic E-state index is -0.462. The van der Waals surface area contributed by atoms with Gasteiger partial charge in [-0.1, -0.05) is 52.0 Å². The maximum Gasteiger partial charge on any atom is 0.315 e. The van der Waals surface area contributed by atoms with Gasteiger partial charge in [0.15, 0.2) is 0 Å². The van der Waals surface area contributed by atoms with Gasteiger partial charge in [-0.3, -0.25) is 0 Å². The number of carbonyl (C=O) groups is 1. The molecule has 0 radical (unpaired) electrons. The molecule has 0 saturated heterocycles. The van der Waals surface area contributed by atoms with E-state index in [2.05, 4.69) is 10.6 Å². The maximum absolute atomic E-state index is 11.9. The van der Waals surface area contributed by atoms with Crippen LogP contribution in [0.3, 0.4) is 0 Å². The van der Waals surface area contributed by atoms with E-state index >= 15 is 0 Å². The molecule has 1 unspecified atom stereocenters. The van der Waals surface area contributed by atoms with E-state index in [1.54, 1.807) is 7.11 Å². The number of nitrogens with one attached hydrogen (secondary N) is 2. The van der Waals surface area contributed by atoms with Crippen LogP contribution in [0.15, 0.2) is 24.3 Å². The lowest BCUT2D eigenvalue weighted by Crippen LogP contribution is -2.46. The summed E-state index contributed by atoms with van der Waals surface area (Å²) in [6.07, 6.45) is -0.462. The first-order valence-corrected chi connectivity index (χ1v) is 8.03. The fourth-order valence-corrected chi connectivity index (χ4v) is 2.48. The van der Waals surface area contributed by atoms with Crippen molar-refractivity contribution >= 4 is 6.03 Å². The quantitative estimate of drug-likeness (QED) is 0.689. The molecule has 0 heterocycles. The van der Waals surface area contributed by atoms with Gasteiger partial charge in [-0.2, -0.15) is 0 Å². The van der Waals surface area contributed by atoms with Crippen LogP contribution < -0.4 is 10.6 Å². The zero-order valence-electron chi connectivity index (χ0n) is 14.8. The van der Waals surface area contributed by atoms with Crippen LogP contribution >= 0.6 is 0 Å². The number of aliphatic hydroxyl groups excluding tert-OH is 1. The summed E-state index contributed by atoms with van der Waals surface area (Å²) in [4.78, 5) is 11.9. The highest BCUT2D eigenvalue weighted by molar-refractivity contribution is 5.73. The molecule has 5 heteroatoms. The fraction of sp³-hybridized carbons (Fsp3) is 0.611. The Hall–Kier alpha value is -1.59. The third-order valence-corrected chi connectivity index (χ3v) is 3.92. The third-order valence-electron chi connectivity index (χ3n) is 3.92. The standard InChI is InChI=1S/C18H30N2O3/c1-13(2)16(21)18(3,4)12-20-17(22)19-10-14-6-8-15(9-7-14)11-23-5/h6-9,13,16,21H,10-12H2,1-5H3,(H2,19,20,22). The first-order valence-electron chi connectivity index (χ1n) is 8.03. The lowest BCUT2D eigenvalue weighted by molar-refractivity contribution is 0.0151. The molecule has 1 atom stereocenters. The molecule has 0 aliphatic heterocycles. The normalized spacial score (nSPS) is 13.0. The van der Waals surface area contributed by atoms with Gasteiger partial charge in [-0.25, -0.2) is 4.79 Å². The summed E-state index contributed by atoms with van der Waals surface area (Å²) in [6.45, 7) is 9.32. The van der Waals surface area contributed by atoms with Gasteiger partial charge >= 0.3 is 6.03 Å². The number of amides is 2. The SMILES string of the molecule is COCc1ccc(CNC(=O)NCC(C)(C)C(O)C(C)C)cc1. The number of rotatable bonds is 8. The number of urea groups is 1. The third kappa shape index (κ3) is 6.59. The predicted molar refractivity (Wildman–Crippen MR) is 92.0 cm³/mol. The molecule has 0 saturated carbocycles. The van der Waals surface area contributed by atoms with Crippen molar-refractivity contribution in [2.24, 2.45) is 11.3 Å².